The number of piperidine rings is 1. The molecule has 2 aromatic heterocycles. The fraction of sp³-hybridized carbons (Fsp3) is 0.400. The van der Waals surface area contributed by atoms with Crippen LogP contribution in [0.4, 0.5) is 5.69 Å². The number of hydrogen-bond donors (Lipinski definition) is 2. The van der Waals surface area contributed by atoms with Crippen LogP contribution >= 0.6 is 0 Å². The fourth-order valence-electron chi connectivity index (χ4n) is 3.55. The summed E-state index contributed by atoms with van der Waals surface area (Å²) in [4.78, 5) is 17.2. The van der Waals surface area contributed by atoms with E-state index in [0.29, 0.717) is 17.3 Å². The third-order valence-corrected chi connectivity index (χ3v) is 5.14. The number of carbonyl (C=O) groups is 1. The van der Waals surface area contributed by atoms with Crippen molar-refractivity contribution in [2.45, 2.75) is 39.7 Å². The number of oxazole rings is 1. The van der Waals surface area contributed by atoms with Crippen LogP contribution in [0.15, 0.2) is 28.9 Å². The molecule has 28 heavy (non-hydrogen) atoms. The third kappa shape index (κ3) is 3.55. The van der Waals surface area contributed by atoms with Crippen molar-refractivity contribution in [3.8, 4) is 11.5 Å². The summed E-state index contributed by atoms with van der Waals surface area (Å²) in [5.41, 5.74) is 4.49. The molecule has 0 saturated carbocycles. The first-order valence-corrected chi connectivity index (χ1v) is 9.50. The quantitative estimate of drug-likeness (QED) is 0.722. The Labute approximate surface area is 163 Å². The first-order valence-electron chi connectivity index (χ1n) is 9.50. The van der Waals surface area contributed by atoms with Crippen molar-refractivity contribution in [2.75, 3.05) is 18.4 Å². The second-order valence-corrected chi connectivity index (χ2v) is 7.23. The minimum absolute atomic E-state index is 0.268. The average molecular weight is 380 g/mol. The topological polar surface area (TPSA) is 97.9 Å². The Bertz CT molecular complexity index is 1000. The highest BCUT2D eigenvalue weighted by Gasteiger charge is 2.23. The maximum Gasteiger partial charge on any atom is 0.278 e. The first-order chi connectivity index (χ1) is 13.5. The Morgan fingerprint density at radius 2 is 2.04 bits per heavy atom. The lowest BCUT2D eigenvalue weighted by atomic mass is 10.1. The van der Waals surface area contributed by atoms with E-state index in [1.807, 2.05) is 43.7 Å². The number of carbonyl (C=O) groups excluding carboxylic acids is 1. The molecule has 3 heterocycles. The minimum atomic E-state index is -0.268. The number of nitrogens with one attached hydrogen (secondary N) is 2. The van der Waals surface area contributed by atoms with Gasteiger partial charge in [-0.05, 0) is 64.4 Å². The van der Waals surface area contributed by atoms with Gasteiger partial charge >= 0.3 is 0 Å². The zero-order valence-corrected chi connectivity index (χ0v) is 16.3. The summed E-state index contributed by atoms with van der Waals surface area (Å²) >= 11 is 0. The molecule has 0 aliphatic carbocycles. The molecule has 0 radical (unpaired) electrons. The Morgan fingerprint density at radius 1 is 1.25 bits per heavy atom. The number of aryl methyl sites for hydroxylation is 2. The molecule has 0 atom stereocenters. The van der Waals surface area contributed by atoms with Crippen LogP contribution in [0.3, 0.4) is 0 Å². The van der Waals surface area contributed by atoms with E-state index in [1.54, 1.807) is 6.26 Å². The van der Waals surface area contributed by atoms with E-state index < -0.39 is 0 Å². The van der Waals surface area contributed by atoms with E-state index in [4.69, 9.17) is 4.42 Å². The van der Waals surface area contributed by atoms with Gasteiger partial charge in [0.05, 0.1) is 17.4 Å². The smallest absolute Gasteiger partial charge is 0.278 e. The number of amides is 1. The van der Waals surface area contributed by atoms with Crippen molar-refractivity contribution in [1.82, 2.24) is 25.3 Å². The first kappa shape index (κ1) is 18.4. The second-order valence-electron chi connectivity index (χ2n) is 7.23. The molecule has 146 valence electrons. The average Bonchev–Trinajstić information content (AvgIpc) is 3.29. The van der Waals surface area contributed by atoms with Gasteiger partial charge in [-0.2, -0.15) is 0 Å². The van der Waals surface area contributed by atoms with Crippen LogP contribution in [0.1, 0.15) is 46.3 Å². The fourth-order valence-corrected chi connectivity index (χ4v) is 3.55. The monoisotopic (exact) mass is 380 g/mol. The van der Waals surface area contributed by atoms with Gasteiger partial charge in [-0.15, -0.1) is 5.10 Å². The summed E-state index contributed by atoms with van der Waals surface area (Å²) in [6.45, 7) is 7.67. The Balaban J connectivity index is 1.55. The van der Waals surface area contributed by atoms with Gasteiger partial charge in [0.25, 0.3) is 5.91 Å². The number of benzene rings is 1. The van der Waals surface area contributed by atoms with Gasteiger partial charge in [-0.3, -0.25) is 4.79 Å². The van der Waals surface area contributed by atoms with E-state index in [0.717, 1.165) is 48.4 Å². The molecule has 4 rings (SSSR count). The molecule has 1 aliphatic rings. The van der Waals surface area contributed by atoms with Crippen molar-refractivity contribution in [1.29, 1.82) is 0 Å². The highest BCUT2D eigenvalue weighted by Crippen LogP contribution is 2.27. The maximum atomic E-state index is 12.8. The molecule has 8 nitrogen and oxygen atoms in total. The van der Waals surface area contributed by atoms with Crippen LogP contribution in [0.25, 0.3) is 11.5 Å². The molecule has 3 aromatic rings. The van der Waals surface area contributed by atoms with Gasteiger partial charge in [-0.25, -0.2) is 9.67 Å². The molecule has 1 aliphatic heterocycles. The van der Waals surface area contributed by atoms with Crippen molar-refractivity contribution in [2.24, 2.45) is 0 Å². The van der Waals surface area contributed by atoms with Crippen LogP contribution in [-0.4, -0.2) is 39.0 Å². The molecule has 0 bridgehead atoms. The number of hydrogen-bond acceptors (Lipinski definition) is 6. The van der Waals surface area contributed by atoms with Gasteiger partial charge in [0, 0.05) is 11.3 Å². The summed E-state index contributed by atoms with van der Waals surface area (Å²) in [6.07, 6.45) is 3.59. The number of anilines is 1. The zero-order chi connectivity index (χ0) is 19.7. The van der Waals surface area contributed by atoms with Gasteiger partial charge in [-0.1, -0.05) is 11.3 Å². The van der Waals surface area contributed by atoms with Crippen molar-refractivity contribution in [3.63, 3.8) is 0 Å². The molecule has 2 N–H and O–H groups in total. The van der Waals surface area contributed by atoms with Gasteiger partial charge in [0.1, 0.15) is 6.26 Å². The molecule has 1 saturated heterocycles. The number of rotatable bonds is 4. The standard InChI is InChI=1S/C20H24N6O2/c1-12-4-5-15(10-17(12)20-22-13(2)11-28-20)23-19(27)18-14(3)26(25-24-18)16-6-8-21-9-7-16/h4-5,10-11,16,21H,6-9H2,1-3H3,(H,23,27). The normalized spacial score (nSPS) is 15.0. The third-order valence-electron chi connectivity index (χ3n) is 5.14. The van der Waals surface area contributed by atoms with E-state index in [2.05, 4.69) is 25.9 Å². The Kier molecular flexibility index (Phi) is 4.95. The second kappa shape index (κ2) is 7.55. The summed E-state index contributed by atoms with van der Waals surface area (Å²) in [5.74, 6) is 0.273. The molecule has 1 amide bonds. The van der Waals surface area contributed by atoms with Crippen molar-refractivity contribution >= 4 is 11.6 Å². The van der Waals surface area contributed by atoms with E-state index in [-0.39, 0.29) is 11.9 Å². The molecular weight excluding hydrogens is 356 g/mol. The van der Waals surface area contributed by atoms with Crippen LogP contribution in [0, 0.1) is 20.8 Å². The maximum absolute atomic E-state index is 12.8. The lowest BCUT2D eigenvalue weighted by molar-refractivity contribution is 0.102. The SMILES string of the molecule is Cc1coc(-c2cc(NC(=O)c3nnn(C4CCNCC4)c3C)ccc2C)n1. The van der Waals surface area contributed by atoms with Gasteiger partial charge in [0.15, 0.2) is 5.69 Å². The van der Waals surface area contributed by atoms with E-state index in [1.165, 1.54) is 0 Å². The summed E-state index contributed by atoms with van der Waals surface area (Å²) in [6, 6.07) is 5.95. The lowest BCUT2D eigenvalue weighted by Crippen LogP contribution is -2.30. The predicted octanol–water partition coefficient (Wildman–Crippen LogP) is 3.04. The predicted molar refractivity (Wildman–Crippen MR) is 105 cm³/mol. The molecule has 1 fully saturated rings. The molecule has 1 aromatic carbocycles. The minimum Gasteiger partial charge on any atom is -0.444 e. The summed E-state index contributed by atoms with van der Waals surface area (Å²) in [7, 11) is 0. The Hall–Kier alpha value is -3.00. The number of aromatic nitrogens is 4. The molecule has 0 unspecified atom stereocenters. The lowest BCUT2D eigenvalue weighted by Gasteiger charge is -2.23. The van der Waals surface area contributed by atoms with Crippen LogP contribution in [0.5, 0.6) is 0 Å². The molecule has 8 heteroatoms. The molecule has 0 spiro atoms. The molecular formula is C20H24N6O2. The number of nitrogens with zero attached hydrogens (tertiary/aromatic N) is 4. The van der Waals surface area contributed by atoms with E-state index in [9.17, 15) is 4.79 Å². The van der Waals surface area contributed by atoms with Crippen LogP contribution in [-0.2, 0) is 0 Å². The zero-order valence-electron chi connectivity index (χ0n) is 16.3. The summed E-state index contributed by atoms with van der Waals surface area (Å²) < 4.78 is 7.39. The summed E-state index contributed by atoms with van der Waals surface area (Å²) in [5, 5.41) is 14.6. The van der Waals surface area contributed by atoms with Crippen LogP contribution in [0.2, 0.25) is 0 Å². The van der Waals surface area contributed by atoms with Crippen molar-refractivity contribution in [3.05, 3.63) is 47.1 Å². The van der Waals surface area contributed by atoms with Crippen LogP contribution < -0.4 is 10.6 Å². The van der Waals surface area contributed by atoms with Gasteiger partial charge < -0.3 is 15.1 Å². The van der Waals surface area contributed by atoms with E-state index >= 15 is 0 Å². The Morgan fingerprint density at radius 3 is 2.75 bits per heavy atom. The largest absolute Gasteiger partial charge is 0.444 e. The van der Waals surface area contributed by atoms with Crippen molar-refractivity contribution < 1.29 is 9.21 Å². The highest BCUT2D eigenvalue weighted by molar-refractivity contribution is 6.03. The highest BCUT2D eigenvalue weighted by atomic mass is 16.3. The van der Waals surface area contributed by atoms with Gasteiger partial charge in [0.2, 0.25) is 5.89 Å².